The predicted octanol–water partition coefficient (Wildman–Crippen LogP) is 4.54. The summed E-state index contributed by atoms with van der Waals surface area (Å²) >= 11 is 3.13. The summed E-state index contributed by atoms with van der Waals surface area (Å²) in [6, 6.07) is 6.40. The van der Waals surface area contributed by atoms with E-state index >= 15 is 0 Å². The summed E-state index contributed by atoms with van der Waals surface area (Å²) in [7, 11) is 0. The van der Waals surface area contributed by atoms with Crippen LogP contribution < -0.4 is 5.56 Å². The van der Waals surface area contributed by atoms with Crippen molar-refractivity contribution in [2.45, 2.75) is 37.1 Å². The van der Waals surface area contributed by atoms with Crippen LogP contribution >= 0.6 is 23.1 Å². The summed E-state index contributed by atoms with van der Waals surface area (Å²) in [5.74, 6) is 1.09. The van der Waals surface area contributed by atoms with Gasteiger partial charge in [-0.2, -0.15) is 0 Å². The van der Waals surface area contributed by atoms with E-state index in [4.69, 9.17) is 0 Å². The molecule has 0 saturated heterocycles. The fourth-order valence-electron chi connectivity index (χ4n) is 3.13. The lowest BCUT2D eigenvalue weighted by Crippen LogP contribution is -2.13. The molecular formula is C18H17FN2OS2. The summed E-state index contributed by atoms with van der Waals surface area (Å²) in [5, 5.41) is 1.41. The number of benzene rings is 1. The van der Waals surface area contributed by atoms with Crippen molar-refractivity contribution < 1.29 is 4.39 Å². The summed E-state index contributed by atoms with van der Waals surface area (Å²) in [6.07, 6.45) is 3.16. The van der Waals surface area contributed by atoms with Gasteiger partial charge < -0.3 is 4.98 Å². The zero-order valence-electron chi connectivity index (χ0n) is 13.3. The van der Waals surface area contributed by atoms with Crippen LogP contribution in [-0.4, -0.2) is 9.97 Å². The number of thioether (sulfide) groups is 1. The molecule has 3 nitrogen and oxygen atoms in total. The average molecular weight is 360 g/mol. The molecule has 0 unspecified atom stereocenters. The van der Waals surface area contributed by atoms with E-state index in [2.05, 4.69) is 16.9 Å². The third-order valence-electron chi connectivity index (χ3n) is 4.43. The number of aromatic nitrogens is 2. The molecule has 0 aliphatic heterocycles. The lowest BCUT2D eigenvalue weighted by molar-refractivity contribution is 0.509. The molecule has 2 aromatic heterocycles. The van der Waals surface area contributed by atoms with Crippen LogP contribution in [0.4, 0.5) is 4.39 Å². The van der Waals surface area contributed by atoms with E-state index in [1.807, 2.05) is 0 Å². The molecule has 6 heteroatoms. The summed E-state index contributed by atoms with van der Waals surface area (Å²) < 4.78 is 13.0. The average Bonchev–Trinajstić information content (AvgIpc) is 2.92. The molecule has 1 aliphatic carbocycles. The Morgan fingerprint density at radius 2 is 2.17 bits per heavy atom. The first-order chi connectivity index (χ1) is 11.6. The molecule has 1 aromatic carbocycles. The van der Waals surface area contributed by atoms with Gasteiger partial charge in [-0.15, -0.1) is 11.3 Å². The van der Waals surface area contributed by atoms with Crippen LogP contribution in [0.15, 0.2) is 34.2 Å². The minimum Gasteiger partial charge on any atom is -0.301 e. The zero-order chi connectivity index (χ0) is 16.7. The van der Waals surface area contributed by atoms with Gasteiger partial charge in [-0.3, -0.25) is 4.79 Å². The van der Waals surface area contributed by atoms with E-state index in [-0.39, 0.29) is 11.4 Å². The first kappa shape index (κ1) is 15.8. The van der Waals surface area contributed by atoms with Gasteiger partial charge >= 0.3 is 0 Å². The Morgan fingerprint density at radius 1 is 1.38 bits per heavy atom. The van der Waals surface area contributed by atoms with Crippen LogP contribution in [0, 0.1) is 11.7 Å². The fourth-order valence-corrected chi connectivity index (χ4v) is 5.39. The van der Waals surface area contributed by atoms with Crippen LogP contribution in [0.3, 0.4) is 0 Å². The van der Waals surface area contributed by atoms with E-state index in [0.29, 0.717) is 16.8 Å². The molecule has 0 fully saturated rings. The van der Waals surface area contributed by atoms with Crippen molar-refractivity contribution >= 4 is 33.3 Å². The Balaban J connectivity index is 1.63. The highest BCUT2D eigenvalue weighted by Crippen LogP contribution is 2.36. The molecule has 0 bridgehead atoms. The number of nitrogens with one attached hydrogen (secondary N) is 1. The van der Waals surface area contributed by atoms with Gasteiger partial charge in [0.05, 0.1) is 5.39 Å². The number of hydrogen-bond acceptors (Lipinski definition) is 4. The molecule has 0 amide bonds. The molecule has 1 N–H and O–H groups in total. The van der Waals surface area contributed by atoms with Crippen molar-refractivity contribution in [2.24, 2.45) is 5.92 Å². The highest BCUT2D eigenvalue weighted by molar-refractivity contribution is 7.98. The maximum absolute atomic E-state index is 13.0. The minimum atomic E-state index is -0.241. The molecule has 124 valence electrons. The molecule has 1 aliphatic rings. The molecule has 0 radical (unpaired) electrons. The Morgan fingerprint density at radius 3 is 2.96 bits per heavy atom. The van der Waals surface area contributed by atoms with Gasteiger partial charge in [0.25, 0.3) is 5.56 Å². The van der Waals surface area contributed by atoms with Crippen molar-refractivity contribution in [3.8, 4) is 0 Å². The first-order valence-corrected chi connectivity index (χ1v) is 9.82. The number of H-pyrrole nitrogens is 1. The van der Waals surface area contributed by atoms with Gasteiger partial charge in [0.2, 0.25) is 0 Å². The number of nitrogens with zero attached hydrogens (tertiary/aromatic N) is 1. The Bertz CT molecular complexity index is 946. The molecular weight excluding hydrogens is 343 g/mol. The number of aromatic amines is 1. The topological polar surface area (TPSA) is 45.8 Å². The van der Waals surface area contributed by atoms with E-state index in [9.17, 15) is 9.18 Å². The van der Waals surface area contributed by atoms with E-state index < -0.39 is 0 Å². The smallest absolute Gasteiger partial charge is 0.260 e. The largest absolute Gasteiger partial charge is 0.301 e. The normalized spacial score (nSPS) is 17.2. The van der Waals surface area contributed by atoms with E-state index in [0.717, 1.165) is 35.0 Å². The molecule has 1 atom stereocenters. The summed E-state index contributed by atoms with van der Waals surface area (Å²) in [6.45, 7) is 2.26. The third-order valence-corrected chi connectivity index (χ3v) is 6.53. The number of aryl methyl sites for hydroxylation is 1. The maximum atomic E-state index is 13.0. The number of fused-ring (bicyclic) bond motifs is 3. The van der Waals surface area contributed by atoms with Crippen LogP contribution in [0.5, 0.6) is 0 Å². The second kappa shape index (κ2) is 6.33. The van der Waals surface area contributed by atoms with Gasteiger partial charge in [-0.05, 0) is 48.4 Å². The predicted molar refractivity (Wildman–Crippen MR) is 97.4 cm³/mol. The highest BCUT2D eigenvalue weighted by atomic mass is 32.2. The van der Waals surface area contributed by atoms with Crippen molar-refractivity contribution in [3.05, 3.63) is 56.4 Å². The highest BCUT2D eigenvalue weighted by Gasteiger charge is 2.23. The Labute approximate surface area is 147 Å². The Hall–Kier alpha value is -1.66. The number of halogens is 1. The lowest BCUT2D eigenvalue weighted by atomic mass is 9.89. The maximum Gasteiger partial charge on any atom is 0.260 e. The summed E-state index contributed by atoms with van der Waals surface area (Å²) in [4.78, 5) is 22.2. The quantitative estimate of drug-likeness (QED) is 0.551. The van der Waals surface area contributed by atoms with Crippen molar-refractivity contribution in [2.75, 3.05) is 0 Å². The van der Waals surface area contributed by atoms with Crippen molar-refractivity contribution in [1.82, 2.24) is 9.97 Å². The lowest BCUT2D eigenvalue weighted by Gasteiger charge is -2.17. The molecule has 4 rings (SSSR count). The van der Waals surface area contributed by atoms with E-state index in [1.165, 1.54) is 34.3 Å². The number of thiophene rings is 1. The van der Waals surface area contributed by atoms with Crippen molar-refractivity contribution in [1.29, 1.82) is 0 Å². The second-order valence-corrected chi connectivity index (χ2v) is 8.37. The monoisotopic (exact) mass is 360 g/mol. The van der Waals surface area contributed by atoms with Crippen LogP contribution in [0.2, 0.25) is 0 Å². The fraction of sp³-hybridized carbons (Fsp3) is 0.333. The van der Waals surface area contributed by atoms with E-state index in [1.54, 1.807) is 23.5 Å². The standard InChI is InChI=1S/C18H17FN2OS2/c1-10-2-7-13-14(8-10)24-17-15(13)16(22)20-18(21-17)23-9-11-3-5-12(19)6-4-11/h3-6,10H,2,7-9H2,1H3,(H,20,21,22)/t10-/m1/s1. The molecule has 0 spiro atoms. The van der Waals surface area contributed by atoms with Gasteiger partial charge in [-0.1, -0.05) is 30.8 Å². The van der Waals surface area contributed by atoms with Gasteiger partial charge in [0.1, 0.15) is 10.6 Å². The molecule has 2 heterocycles. The Kier molecular flexibility index (Phi) is 4.18. The van der Waals surface area contributed by atoms with Crippen molar-refractivity contribution in [3.63, 3.8) is 0 Å². The summed E-state index contributed by atoms with van der Waals surface area (Å²) in [5.41, 5.74) is 2.18. The first-order valence-electron chi connectivity index (χ1n) is 8.02. The molecule has 24 heavy (non-hydrogen) atoms. The second-order valence-electron chi connectivity index (χ2n) is 6.32. The van der Waals surface area contributed by atoms with Gasteiger partial charge in [-0.25, -0.2) is 9.37 Å². The molecule has 0 saturated carbocycles. The van der Waals surface area contributed by atoms with Crippen LogP contribution in [-0.2, 0) is 18.6 Å². The number of rotatable bonds is 3. The molecule has 3 aromatic rings. The SMILES string of the molecule is C[C@@H]1CCc2c(sc3nc(SCc4ccc(F)cc4)[nH]c(=O)c23)C1. The van der Waals surface area contributed by atoms with Crippen LogP contribution in [0.1, 0.15) is 29.3 Å². The zero-order valence-corrected chi connectivity index (χ0v) is 14.9. The number of hydrogen-bond donors (Lipinski definition) is 1. The van der Waals surface area contributed by atoms with Gasteiger partial charge in [0.15, 0.2) is 5.16 Å². The minimum absolute atomic E-state index is 0.0336. The van der Waals surface area contributed by atoms with Gasteiger partial charge in [0, 0.05) is 10.6 Å². The third kappa shape index (κ3) is 3.00. The van der Waals surface area contributed by atoms with Crippen LogP contribution in [0.25, 0.3) is 10.2 Å².